The van der Waals surface area contributed by atoms with Crippen molar-refractivity contribution in [3.63, 3.8) is 0 Å². The Morgan fingerprint density at radius 2 is 2.22 bits per heavy atom. The first-order valence-electron chi connectivity index (χ1n) is 6.39. The van der Waals surface area contributed by atoms with Crippen LogP contribution in [0.5, 0.6) is 11.5 Å². The van der Waals surface area contributed by atoms with Crippen molar-refractivity contribution in [1.29, 1.82) is 0 Å². The third kappa shape index (κ3) is 3.37. The largest absolute Gasteiger partial charge is 0.491 e. The standard InChI is InChI=1S/C14H21NO3/c1-10(2)8-16-5-6-17-11-3-4-12-13(15)9-18-14(12)7-11/h3-4,7,10,13H,5-6,8-9,15H2,1-2H3. The zero-order valence-corrected chi connectivity index (χ0v) is 11.0. The minimum atomic E-state index is -0.0107. The van der Waals surface area contributed by atoms with Crippen molar-refractivity contribution in [3.05, 3.63) is 23.8 Å². The van der Waals surface area contributed by atoms with Gasteiger partial charge >= 0.3 is 0 Å². The molecule has 1 aromatic carbocycles. The molecule has 0 saturated heterocycles. The van der Waals surface area contributed by atoms with E-state index in [0.29, 0.717) is 25.7 Å². The van der Waals surface area contributed by atoms with Crippen molar-refractivity contribution in [1.82, 2.24) is 0 Å². The second kappa shape index (κ2) is 6.07. The van der Waals surface area contributed by atoms with E-state index in [2.05, 4.69) is 13.8 Å². The minimum Gasteiger partial charge on any atom is -0.491 e. The van der Waals surface area contributed by atoms with Gasteiger partial charge in [-0.3, -0.25) is 0 Å². The van der Waals surface area contributed by atoms with Crippen LogP contribution in [0, 0.1) is 5.92 Å². The molecule has 0 saturated carbocycles. The molecule has 4 nitrogen and oxygen atoms in total. The molecular formula is C14H21NO3. The van der Waals surface area contributed by atoms with Gasteiger partial charge in [0.25, 0.3) is 0 Å². The van der Waals surface area contributed by atoms with E-state index in [1.54, 1.807) is 0 Å². The molecule has 0 aliphatic carbocycles. The van der Waals surface area contributed by atoms with Crippen LogP contribution in [0.25, 0.3) is 0 Å². The van der Waals surface area contributed by atoms with Crippen LogP contribution in [0.2, 0.25) is 0 Å². The summed E-state index contributed by atoms with van der Waals surface area (Å²) in [6, 6.07) is 5.78. The normalized spacial score (nSPS) is 17.7. The van der Waals surface area contributed by atoms with Gasteiger partial charge in [-0.05, 0) is 18.1 Å². The molecule has 2 rings (SSSR count). The van der Waals surface area contributed by atoms with Crippen LogP contribution in [0.15, 0.2) is 18.2 Å². The lowest BCUT2D eigenvalue weighted by molar-refractivity contribution is 0.0818. The third-order valence-corrected chi connectivity index (χ3v) is 2.75. The zero-order valence-electron chi connectivity index (χ0n) is 11.0. The highest BCUT2D eigenvalue weighted by Crippen LogP contribution is 2.33. The lowest BCUT2D eigenvalue weighted by atomic mass is 10.1. The molecular weight excluding hydrogens is 230 g/mol. The average Bonchev–Trinajstić information content (AvgIpc) is 2.70. The fourth-order valence-electron chi connectivity index (χ4n) is 1.84. The maximum atomic E-state index is 5.88. The van der Waals surface area contributed by atoms with Crippen LogP contribution < -0.4 is 15.2 Å². The van der Waals surface area contributed by atoms with E-state index in [4.69, 9.17) is 19.9 Å². The maximum Gasteiger partial charge on any atom is 0.127 e. The molecule has 0 radical (unpaired) electrons. The number of hydrogen-bond donors (Lipinski definition) is 1. The Hall–Kier alpha value is -1.26. The van der Waals surface area contributed by atoms with Gasteiger partial charge in [-0.15, -0.1) is 0 Å². The summed E-state index contributed by atoms with van der Waals surface area (Å²) in [5.74, 6) is 2.19. The van der Waals surface area contributed by atoms with Gasteiger partial charge < -0.3 is 19.9 Å². The second-order valence-corrected chi connectivity index (χ2v) is 4.93. The van der Waals surface area contributed by atoms with Gasteiger partial charge in [0.05, 0.1) is 12.6 Å². The van der Waals surface area contributed by atoms with Crippen LogP contribution in [0.1, 0.15) is 25.5 Å². The van der Waals surface area contributed by atoms with E-state index in [9.17, 15) is 0 Å². The third-order valence-electron chi connectivity index (χ3n) is 2.75. The summed E-state index contributed by atoms with van der Waals surface area (Å²) in [6.07, 6.45) is 0. The number of rotatable bonds is 6. The second-order valence-electron chi connectivity index (χ2n) is 4.93. The number of fused-ring (bicyclic) bond motifs is 1. The first kappa shape index (κ1) is 13.2. The SMILES string of the molecule is CC(C)COCCOc1ccc2c(c1)OCC2N. The molecule has 1 aromatic rings. The van der Waals surface area contributed by atoms with Crippen molar-refractivity contribution >= 4 is 0 Å². The highest BCUT2D eigenvalue weighted by Gasteiger charge is 2.20. The van der Waals surface area contributed by atoms with E-state index in [0.717, 1.165) is 23.7 Å². The first-order chi connectivity index (χ1) is 8.66. The van der Waals surface area contributed by atoms with Gasteiger partial charge in [0, 0.05) is 18.2 Å². The summed E-state index contributed by atoms with van der Waals surface area (Å²) in [5, 5.41) is 0. The van der Waals surface area contributed by atoms with Crippen molar-refractivity contribution in [2.75, 3.05) is 26.4 Å². The molecule has 0 amide bonds. The van der Waals surface area contributed by atoms with Gasteiger partial charge in [0.1, 0.15) is 24.7 Å². The summed E-state index contributed by atoms with van der Waals surface area (Å²) in [7, 11) is 0. The Kier molecular flexibility index (Phi) is 4.44. The molecule has 0 spiro atoms. The fourth-order valence-corrected chi connectivity index (χ4v) is 1.84. The zero-order chi connectivity index (χ0) is 13.0. The quantitative estimate of drug-likeness (QED) is 0.787. The molecule has 4 heteroatoms. The first-order valence-corrected chi connectivity index (χ1v) is 6.39. The molecule has 100 valence electrons. The summed E-state index contributed by atoms with van der Waals surface area (Å²) in [4.78, 5) is 0. The monoisotopic (exact) mass is 251 g/mol. The average molecular weight is 251 g/mol. The van der Waals surface area contributed by atoms with E-state index < -0.39 is 0 Å². The predicted molar refractivity (Wildman–Crippen MR) is 70.0 cm³/mol. The molecule has 0 bridgehead atoms. The Bertz CT molecular complexity index is 393. The lowest BCUT2D eigenvalue weighted by Gasteiger charge is -2.09. The van der Waals surface area contributed by atoms with Gasteiger partial charge in [-0.1, -0.05) is 13.8 Å². The molecule has 1 aliphatic heterocycles. The van der Waals surface area contributed by atoms with Gasteiger partial charge in [0.15, 0.2) is 0 Å². The van der Waals surface area contributed by atoms with Gasteiger partial charge in [-0.25, -0.2) is 0 Å². The Morgan fingerprint density at radius 1 is 1.39 bits per heavy atom. The number of ether oxygens (including phenoxy) is 3. The summed E-state index contributed by atoms with van der Waals surface area (Å²) >= 11 is 0. The molecule has 1 aliphatic rings. The molecule has 0 fully saturated rings. The molecule has 2 N–H and O–H groups in total. The Balaban J connectivity index is 1.77. The van der Waals surface area contributed by atoms with E-state index in [1.165, 1.54) is 0 Å². The van der Waals surface area contributed by atoms with E-state index in [-0.39, 0.29) is 6.04 Å². The number of hydrogen-bond acceptors (Lipinski definition) is 4. The number of nitrogens with two attached hydrogens (primary N) is 1. The molecule has 18 heavy (non-hydrogen) atoms. The highest BCUT2D eigenvalue weighted by atomic mass is 16.5. The van der Waals surface area contributed by atoms with Crippen molar-refractivity contribution in [2.24, 2.45) is 11.7 Å². The van der Waals surface area contributed by atoms with Crippen molar-refractivity contribution < 1.29 is 14.2 Å². The molecule has 0 aromatic heterocycles. The lowest BCUT2D eigenvalue weighted by Crippen LogP contribution is -2.11. The predicted octanol–water partition coefficient (Wildman–Crippen LogP) is 2.13. The van der Waals surface area contributed by atoms with Crippen LogP contribution in [0.4, 0.5) is 0 Å². The van der Waals surface area contributed by atoms with Crippen LogP contribution in [-0.4, -0.2) is 26.4 Å². The fraction of sp³-hybridized carbons (Fsp3) is 0.571. The van der Waals surface area contributed by atoms with Crippen LogP contribution >= 0.6 is 0 Å². The van der Waals surface area contributed by atoms with E-state index >= 15 is 0 Å². The van der Waals surface area contributed by atoms with Crippen molar-refractivity contribution in [3.8, 4) is 11.5 Å². The minimum absolute atomic E-state index is 0.0107. The summed E-state index contributed by atoms with van der Waals surface area (Å²) < 4.78 is 16.5. The highest BCUT2D eigenvalue weighted by molar-refractivity contribution is 5.44. The number of benzene rings is 1. The van der Waals surface area contributed by atoms with Crippen LogP contribution in [-0.2, 0) is 4.74 Å². The summed E-state index contributed by atoms with van der Waals surface area (Å²) in [5.41, 5.74) is 6.93. The van der Waals surface area contributed by atoms with E-state index in [1.807, 2.05) is 18.2 Å². The Morgan fingerprint density at radius 3 is 3.00 bits per heavy atom. The molecule has 1 unspecified atom stereocenters. The van der Waals surface area contributed by atoms with Crippen molar-refractivity contribution in [2.45, 2.75) is 19.9 Å². The maximum absolute atomic E-state index is 5.88. The smallest absolute Gasteiger partial charge is 0.127 e. The Labute approximate surface area is 108 Å². The van der Waals surface area contributed by atoms with Gasteiger partial charge in [-0.2, -0.15) is 0 Å². The molecule has 1 atom stereocenters. The van der Waals surface area contributed by atoms with Crippen LogP contribution in [0.3, 0.4) is 0 Å². The van der Waals surface area contributed by atoms with Gasteiger partial charge in [0.2, 0.25) is 0 Å². The summed E-state index contributed by atoms with van der Waals surface area (Å²) in [6.45, 7) is 6.73. The molecule has 1 heterocycles. The topological polar surface area (TPSA) is 53.7 Å².